The number of pyridine rings is 1. The molecule has 1 heterocycles. The molecule has 0 saturated heterocycles. The van der Waals surface area contributed by atoms with Crippen molar-refractivity contribution in [1.82, 2.24) is 9.88 Å². The van der Waals surface area contributed by atoms with E-state index in [9.17, 15) is 19.5 Å². The number of rotatable bonds is 5. The molecule has 0 radical (unpaired) electrons. The zero-order valence-corrected chi connectivity index (χ0v) is 11.0. The highest BCUT2D eigenvalue weighted by Crippen LogP contribution is 2.11. The topological polar surface area (TPSA) is 106 Å². The van der Waals surface area contributed by atoms with Crippen LogP contribution in [0.25, 0.3) is 0 Å². The summed E-state index contributed by atoms with van der Waals surface area (Å²) in [5, 5.41) is 9.28. The number of methoxy groups -OCH3 is 2. The predicted octanol–water partition coefficient (Wildman–Crippen LogP) is -0.425. The maximum atomic E-state index is 12.2. The average molecular weight is 282 g/mol. The van der Waals surface area contributed by atoms with Gasteiger partial charge in [0.25, 0.3) is 5.91 Å². The summed E-state index contributed by atoms with van der Waals surface area (Å²) in [6, 6.07) is 1.18. The lowest BCUT2D eigenvalue weighted by atomic mass is 10.2. The van der Waals surface area contributed by atoms with Gasteiger partial charge in [-0.1, -0.05) is 0 Å². The van der Waals surface area contributed by atoms with Crippen molar-refractivity contribution in [2.75, 3.05) is 27.3 Å². The minimum Gasteiger partial charge on any atom is -0.506 e. The Bertz CT molecular complexity index is 498. The molecule has 0 fully saturated rings. The molecule has 1 amide bonds. The number of nitrogens with zero attached hydrogens (tertiary/aromatic N) is 2. The molecule has 20 heavy (non-hydrogen) atoms. The van der Waals surface area contributed by atoms with Gasteiger partial charge in [-0.15, -0.1) is 0 Å². The lowest BCUT2D eigenvalue weighted by Crippen LogP contribution is -2.40. The van der Waals surface area contributed by atoms with Crippen LogP contribution in [0.3, 0.4) is 0 Å². The van der Waals surface area contributed by atoms with Gasteiger partial charge in [-0.2, -0.15) is 0 Å². The molecule has 0 atom stereocenters. The van der Waals surface area contributed by atoms with Crippen molar-refractivity contribution in [3.05, 3.63) is 24.0 Å². The van der Waals surface area contributed by atoms with Crippen LogP contribution in [0.4, 0.5) is 0 Å². The zero-order chi connectivity index (χ0) is 15.1. The summed E-state index contributed by atoms with van der Waals surface area (Å²) in [7, 11) is 2.33. The van der Waals surface area contributed by atoms with Crippen LogP contribution in [0.2, 0.25) is 0 Å². The monoisotopic (exact) mass is 282 g/mol. The lowest BCUT2D eigenvalue weighted by molar-refractivity contribution is -0.144. The molecular weight excluding hydrogens is 268 g/mol. The van der Waals surface area contributed by atoms with Crippen LogP contribution >= 0.6 is 0 Å². The van der Waals surface area contributed by atoms with Crippen LogP contribution in [0, 0.1) is 0 Å². The van der Waals surface area contributed by atoms with E-state index in [1.165, 1.54) is 26.5 Å². The highest BCUT2D eigenvalue weighted by Gasteiger charge is 2.22. The molecule has 0 unspecified atom stereocenters. The predicted molar refractivity (Wildman–Crippen MR) is 65.8 cm³/mol. The first kappa shape index (κ1) is 15.4. The Morgan fingerprint density at radius 2 is 1.70 bits per heavy atom. The van der Waals surface area contributed by atoms with E-state index in [1.807, 2.05) is 0 Å². The molecule has 8 heteroatoms. The number of hydrogen-bond acceptors (Lipinski definition) is 7. The van der Waals surface area contributed by atoms with Gasteiger partial charge < -0.3 is 19.5 Å². The standard InChI is InChI=1S/C12H14N2O6/c1-19-10(16)6-14(7-11(17)20-2)12(18)8-3-9(15)5-13-4-8/h3-5,15H,6-7H2,1-2H3. The largest absolute Gasteiger partial charge is 0.506 e. The number of esters is 2. The number of carbonyl (C=O) groups excluding carboxylic acids is 3. The Kier molecular flexibility index (Phi) is 5.45. The highest BCUT2D eigenvalue weighted by molar-refractivity contribution is 5.97. The minimum absolute atomic E-state index is 0.0396. The Labute approximate surface area is 114 Å². The molecule has 0 saturated carbocycles. The van der Waals surface area contributed by atoms with E-state index >= 15 is 0 Å². The fraction of sp³-hybridized carbons (Fsp3) is 0.333. The molecule has 0 bridgehead atoms. The van der Waals surface area contributed by atoms with E-state index in [4.69, 9.17) is 0 Å². The van der Waals surface area contributed by atoms with Gasteiger partial charge in [0.2, 0.25) is 0 Å². The second kappa shape index (κ2) is 7.07. The SMILES string of the molecule is COC(=O)CN(CC(=O)OC)C(=O)c1cncc(O)c1. The van der Waals surface area contributed by atoms with Crippen LogP contribution in [0.15, 0.2) is 18.5 Å². The number of ether oxygens (including phenoxy) is 2. The summed E-state index contributed by atoms with van der Waals surface area (Å²) in [4.78, 5) is 39.3. The number of aromatic nitrogens is 1. The third-order valence-electron chi connectivity index (χ3n) is 2.35. The van der Waals surface area contributed by atoms with Crippen molar-refractivity contribution >= 4 is 17.8 Å². The minimum atomic E-state index is -0.685. The normalized spacial score (nSPS) is 9.70. The van der Waals surface area contributed by atoms with Gasteiger partial charge in [0.1, 0.15) is 18.8 Å². The van der Waals surface area contributed by atoms with Crippen molar-refractivity contribution < 1.29 is 29.0 Å². The first-order chi connectivity index (χ1) is 9.47. The number of carbonyl (C=O) groups is 3. The van der Waals surface area contributed by atoms with Crippen LogP contribution in [-0.4, -0.2) is 60.1 Å². The van der Waals surface area contributed by atoms with E-state index in [1.54, 1.807) is 0 Å². The molecule has 1 aromatic heterocycles. The van der Waals surface area contributed by atoms with Crippen LogP contribution in [-0.2, 0) is 19.1 Å². The molecule has 1 aromatic rings. The summed E-state index contributed by atoms with van der Waals surface area (Å²) < 4.78 is 8.91. The first-order valence-corrected chi connectivity index (χ1v) is 5.54. The molecule has 1 N–H and O–H groups in total. The third kappa shape index (κ3) is 4.23. The van der Waals surface area contributed by atoms with Crippen LogP contribution < -0.4 is 0 Å². The highest BCUT2D eigenvalue weighted by atomic mass is 16.5. The fourth-order valence-corrected chi connectivity index (χ4v) is 1.37. The molecule has 0 aliphatic carbocycles. The quantitative estimate of drug-likeness (QED) is 0.731. The molecule has 8 nitrogen and oxygen atoms in total. The summed E-state index contributed by atoms with van der Waals surface area (Å²) in [6.07, 6.45) is 2.37. The van der Waals surface area contributed by atoms with Gasteiger partial charge >= 0.3 is 11.9 Å². The second-order valence-electron chi connectivity index (χ2n) is 3.75. The molecule has 108 valence electrons. The molecule has 1 rings (SSSR count). The summed E-state index contributed by atoms with van der Waals surface area (Å²) in [5.74, 6) is -2.22. The Balaban J connectivity index is 2.93. The number of amides is 1. The zero-order valence-electron chi connectivity index (χ0n) is 11.0. The van der Waals surface area contributed by atoms with Gasteiger partial charge in [-0.3, -0.25) is 19.4 Å². The molecule has 0 aliphatic heterocycles. The lowest BCUT2D eigenvalue weighted by Gasteiger charge is -2.19. The van der Waals surface area contributed by atoms with E-state index in [0.29, 0.717) is 0 Å². The fourth-order valence-electron chi connectivity index (χ4n) is 1.37. The van der Waals surface area contributed by atoms with Crippen molar-refractivity contribution in [3.8, 4) is 5.75 Å². The second-order valence-corrected chi connectivity index (χ2v) is 3.75. The first-order valence-electron chi connectivity index (χ1n) is 5.54. The Morgan fingerprint density at radius 1 is 1.15 bits per heavy atom. The number of hydrogen-bond donors (Lipinski definition) is 1. The van der Waals surface area contributed by atoms with Gasteiger partial charge in [-0.25, -0.2) is 0 Å². The van der Waals surface area contributed by atoms with E-state index in [-0.39, 0.29) is 11.3 Å². The molecular formula is C12H14N2O6. The average Bonchev–Trinajstić information content (AvgIpc) is 2.45. The van der Waals surface area contributed by atoms with E-state index in [2.05, 4.69) is 14.5 Å². The van der Waals surface area contributed by atoms with Crippen molar-refractivity contribution in [1.29, 1.82) is 0 Å². The molecule has 0 aromatic carbocycles. The number of aromatic hydroxyl groups is 1. The molecule has 0 aliphatic rings. The Morgan fingerprint density at radius 3 is 2.15 bits per heavy atom. The third-order valence-corrected chi connectivity index (χ3v) is 2.35. The Hall–Kier alpha value is -2.64. The molecule has 0 spiro atoms. The van der Waals surface area contributed by atoms with Gasteiger partial charge in [0, 0.05) is 6.20 Å². The van der Waals surface area contributed by atoms with Crippen LogP contribution in [0.1, 0.15) is 10.4 Å². The van der Waals surface area contributed by atoms with E-state index in [0.717, 1.165) is 11.1 Å². The van der Waals surface area contributed by atoms with Crippen molar-refractivity contribution in [3.63, 3.8) is 0 Å². The summed E-state index contributed by atoms with van der Waals surface area (Å²) in [6.45, 7) is -0.833. The maximum absolute atomic E-state index is 12.2. The van der Waals surface area contributed by atoms with Crippen molar-refractivity contribution in [2.45, 2.75) is 0 Å². The van der Waals surface area contributed by atoms with Gasteiger partial charge in [-0.05, 0) is 6.07 Å². The van der Waals surface area contributed by atoms with Crippen LogP contribution in [0.5, 0.6) is 5.75 Å². The van der Waals surface area contributed by atoms with Crippen molar-refractivity contribution in [2.24, 2.45) is 0 Å². The summed E-state index contributed by atoms with van der Waals surface area (Å²) in [5.41, 5.74) is 0.0396. The smallest absolute Gasteiger partial charge is 0.325 e. The van der Waals surface area contributed by atoms with Gasteiger partial charge in [0.15, 0.2) is 0 Å². The summed E-state index contributed by atoms with van der Waals surface area (Å²) >= 11 is 0. The van der Waals surface area contributed by atoms with Gasteiger partial charge in [0.05, 0.1) is 26.0 Å². The maximum Gasteiger partial charge on any atom is 0.325 e. The van der Waals surface area contributed by atoms with E-state index < -0.39 is 30.9 Å².